The Morgan fingerprint density at radius 3 is 2.53 bits per heavy atom. The first-order valence-electron chi connectivity index (χ1n) is 11.0. The molecule has 1 aliphatic carbocycles. The minimum atomic E-state index is -0.543. The van der Waals surface area contributed by atoms with E-state index in [1.165, 1.54) is 19.3 Å². The number of nitrogens with zero attached hydrogens (tertiary/aromatic N) is 1. The molecule has 1 saturated heterocycles. The Labute approximate surface area is 215 Å². The van der Waals surface area contributed by atoms with Gasteiger partial charge >= 0.3 is 0 Å². The summed E-state index contributed by atoms with van der Waals surface area (Å²) >= 11 is 14.5. The van der Waals surface area contributed by atoms with Gasteiger partial charge in [-0.1, -0.05) is 48.5 Å². The molecule has 0 atom stereocenters. The van der Waals surface area contributed by atoms with Gasteiger partial charge in [0.25, 0.3) is 17.1 Å². The highest BCUT2D eigenvalue weighted by Gasteiger charge is 2.40. The van der Waals surface area contributed by atoms with Crippen LogP contribution >= 0.6 is 46.9 Å². The van der Waals surface area contributed by atoms with Gasteiger partial charge in [0.05, 0.1) is 32.8 Å². The summed E-state index contributed by atoms with van der Waals surface area (Å²) in [5.41, 5.74) is 2.39. The molecule has 2 heterocycles. The number of hydrogen-bond donors (Lipinski definition) is 2. The van der Waals surface area contributed by atoms with Crippen LogP contribution in [0.1, 0.15) is 43.2 Å². The van der Waals surface area contributed by atoms with Crippen LogP contribution in [0.15, 0.2) is 46.2 Å². The smallest absolute Gasteiger partial charge is 0.290 e. The fourth-order valence-corrected chi connectivity index (χ4v) is 6.37. The molecule has 6 nitrogen and oxygen atoms in total. The second-order valence-corrected chi connectivity index (χ2v) is 11.1. The van der Waals surface area contributed by atoms with Gasteiger partial charge < -0.3 is 4.90 Å². The third kappa shape index (κ3) is 4.75. The molecular formula is C24H21Cl2N3O3S2. The predicted molar refractivity (Wildman–Crippen MR) is 138 cm³/mol. The predicted octanol–water partition coefficient (Wildman–Crippen LogP) is 6.16. The van der Waals surface area contributed by atoms with E-state index in [1.54, 1.807) is 29.0 Å². The number of carbonyl (C=O) groups is 3. The molecule has 3 amide bonds. The number of halogens is 2. The van der Waals surface area contributed by atoms with E-state index in [-0.39, 0.29) is 22.9 Å². The zero-order valence-electron chi connectivity index (χ0n) is 18.0. The van der Waals surface area contributed by atoms with E-state index in [1.807, 2.05) is 24.3 Å². The number of amides is 3. The molecule has 0 aromatic heterocycles. The van der Waals surface area contributed by atoms with E-state index in [0.29, 0.717) is 27.3 Å². The Kier molecular flexibility index (Phi) is 6.95. The Bertz CT molecular complexity index is 1230. The number of fused-ring (bicyclic) bond motifs is 1. The molecule has 5 rings (SSSR count). The van der Waals surface area contributed by atoms with Crippen LogP contribution in [0.2, 0.25) is 10.0 Å². The quantitative estimate of drug-likeness (QED) is 0.353. The van der Waals surface area contributed by atoms with Crippen LogP contribution < -0.4 is 14.9 Å². The zero-order valence-corrected chi connectivity index (χ0v) is 21.2. The maximum absolute atomic E-state index is 13.6. The molecular weight excluding hydrogens is 513 g/mol. The van der Waals surface area contributed by atoms with Gasteiger partial charge in [-0.25, -0.2) is 0 Å². The van der Waals surface area contributed by atoms with Crippen molar-refractivity contribution in [3.63, 3.8) is 0 Å². The van der Waals surface area contributed by atoms with Gasteiger partial charge in [-0.3, -0.25) is 24.4 Å². The molecule has 2 aromatic rings. The van der Waals surface area contributed by atoms with Gasteiger partial charge in [0.1, 0.15) is 0 Å². The third-order valence-corrected chi connectivity index (χ3v) is 8.67. The van der Waals surface area contributed by atoms with Crippen LogP contribution in [0.25, 0.3) is 5.57 Å². The second kappa shape index (κ2) is 9.95. The van der Waals surface area contributed by atoms with Gasteiger partial charge in [-0.2, -0.15) is 0 Å². The van der Waals surface area contributed by atoms with E-state index >= 15 is 0 Å². The van der Waals surface area contributed by atoms with Crippen molar-refractivity contribution in [1.82, 2.24) is 10.0 Å². The molecule has 1 saturated carbocycles. The zero-order chi connectivity index (χ0) is 23.8. The lowest BCUT2D eigenvalue weighted by Crippen LogP contribution is -2.26. The number of thioether (sulfide) groups is 1. The second-order valence-electron chi connectivity index (χ2n) is 8.42. The molecule has 176 valence electrons. The van der Waals surface area contributed by atoms with Crippen molar-refractivity contribution < 1.29 is 14.4 Å². The Morgan fingerprint density at radius 1 is 1.03 bits per heavy atom. The van der Waals surface area contributed by atoms with Gasteiger partial charge in [-0.15, -0.1) is 0 Å². The lowest BCUT2D eigenvalue weighted by Gasteiger charge is -2.22. The highest BCUT2D eigenvalue weighted by atomic mass is 35.5. The maximum Gasteiger partial charge on any atom is 0.290 e. The summed E-state index contributed by atoms with van der Waals surface area (Å²) in [4.78, 5) is 40.6. The molecule has 0 bridgehead atoms. The summed E-state index contributed by atoms with van der Waals surface area (Å²) in [5.74, 6) is -0.866. The van der Waals surface area contributed by atoms with Crippen LogP contribution in [0.5, 0.6) is 0 Å². The summed E-state index contributed by atoms with van der Waals surface area (Å²) in [6.07, 6.45) is 6.06. The van der Waals surface area contributed by atoms with Crippen LogP contribution in [0.4, 0.5) is 10.5 Å². The van der Waals surface area contributed by atoms with Crippen LogP contribution in [-0.2, 0) is 16.1 Å². The number of rotatable bonds is 5. The summed E-state index contributed by atoms with van der Waals surface area (Å²) in [6.45, 7) is 0.256. The van der Waals surface area contributed by atoms with Crippen LogP contribution in [0, 0.1) is 0 Å². The largest absolute Gasteiger partial charge is 0.303 e. The number of anilines is 1. The summed E-state index contributed by atoms with van der Waals surface area (Å²) in [5, 5.41) is 2.63. The van der Waals surface area contributed by atoms with Crippen molar-refractivity contribution in [2.75, 3.05) is 4.90 Å². The van der Waals surface area contributed by atoms with Gasteiger partial charge in [0.15, 0.2) is 0 Å². The van der Waals surface area contributed by atoms with Crippen molar-refractivity contribution in [2.45, 2.75) is 49.6 Å². The number of hydrogen-bond acceptors (Lipinski definition) is 6. The first-order chi connectivity index (χ1) is 16.4. The number of imide groups is 1. The van der Waals surface area contributed by atoms with Crippen molar-refractivity contribution in [2.24, 2.45) is 0 Å². The van der Waals surface area contributed by atoms with Gasteiger partial charge in [-0.05, 0) is 72.4 Å². The van der Waals surface area contributed by atoms with E-state index < -0.39 is 11.1 Å². The van der Waals surface area contributed by atoms with Crippen LogP contribution in [-0.4, -0.2) is 23.1 Å². The fraction of sp³-hybridized carbons (Fsp3) is 0.292. The van der Waals surface area contributed by atoms with Crippen molar-refractivity contribution in [3.8, 4) is 0 Å². The average Bonchev–Trinajstić information content (AvgIpc) is 3.29. The Hall–Kier alpha value is -1.97. The molecule has 2 aromatic carbocycles. The molecule has 2 aliphatic heterocycles. The summed E-state index contributed by atoms with van der Waals surface area (Å²) in [6, 6.07) is 11.5. The molecule has 0 unspecified atom stereocenters. The minimum absolute atomic E-state index is 0.135. The molecule has 2 N–H and O–H groups in total. The fourth-order valence-electron chi connectivity index (χ4n) is 4.42. The molecule has 2 fully saturated rings. The van der Waals surface area contributed by atoms with E-state index in [2.05, 4.69) is 10.0 Å². The van der Waals surface area contributed by atoms with E-state index in [9.17, 15) is 14.4 Å². The van der Waals surface area contributed by atoms with Crippen LogP contribution in [0.3, 0.4) is 0 Å². The van der Waals surface area contributed by atoms with E-state index in [0.717, 1.165) is 35.1 Å². The molecule has 0 spiro atoms. The number of nitrogens with one attached hydrogen (secondary N) is 2. The van der Waals surface area contributed by atoms with Gasteiger partial charge in [0.2, 0.25) is 0 Å². The normalized spacial score (nSPS) is 20.8. The molecule has 3 aliphatic rings. The number of benzene rings is 2. The number of carbonyl (C=O) groups excluding carboxylic acids is 3. The van der Waals surface area contributed by atoms with E-state index in [4.69, 9.17) is 23.2 Å². The standard InChI is InChI=1S/C24H21Cl2N3O3S2/c25-17-8-6-13(10-18(17)26)12-29-19-9-7-15(34-28-14-4-2-1-3-5-14)11-16(19)20(23(29)31)21-22(30)27-24(32)33-21/h6-11,14,28H,1-5,12H2,(H,27,30,32)/b21-20-. The lowest BCUT2D eigenvalue weighted by molar-refractivity contribution is -0.116. The monoisotopic (exact) mass is 533 g/mol. The average molecular weight is 534 g/mol. The summed E-state index contributed by atoms with van der Waals surface area (Å²) < 4.78 is 3.54. The lowest BCUT2D eigenvalue weighted by atomic mass is 9.96. The highest BCUT2D eigenvalue weighted by molar-refractivity contribution is 8.18. The first kappa shape index (κ1) is 23.8. The summed E-state index contributed by atoms with van der Waals surface area (Å²) in [7, 11) is 0. The van der Waals surface area contributed by atoms with Crippen molar-refractivity contribution in [1.29, 1.82) is 0 Å². The Morgan fingerprint density at radius 2 is 1.82 bits per heavy atom. The van der Waals surface area contributed by atoms with Gasteiger partial charge in [0, 0.05) is 16.5 Å². The highest BCUT2D eigenvalue weighted by Crippen LogP contribution is 2.44. The molecule has 10 heteroatoms. The van der Waals surface area contributed by atoms with Crippen molar-refractivity contribution in [3.05, 3.63) is 62.5 Å². The molecule has 34 heavy (non-hydrogen) atoms. The SMILES string of the molecule is O=C1NC(=O)/C(=C2/C(=O)N(Cc3ccc(Cl)c(Cl)c3)c3ccc(SNC4CCCCC4)cc32)S1. The molecule has 0 radical (unpaired) electrons. The Balaban J connectivity index is 1.49. The minimum Gasteiger partial charge on any atom is -0.303 e. The topological polar surface area (TPSA) is 78.5 Å². The third-order valence-electron chi connectivity index (χ3n) is 6.10. The first-order valence-corrected chi connectivity index (χ1v) is 13.4. The van der Waals surface area contributed by atoms with Crippen molar-refractivity contribution >= 4 is 75.2 Å². The maximum atomic E-state index is 13.6.